The van der Waals surface area contributed by atoms with Crippen LogP contribution in [-0.4, -0.2) is 5.97 Å². The van der Waals surface area contributed by atoms with Crippen LogP contribution >= 0.6 is 0 Å². The van der Waals surface area contributed by atoms with Gasteiger partial charge in [0.25, 0.3) is 0 Å². The zero-order valence-corrected chi connectivity index (χ0v) is 13.2. The van der Waals surface area contributed by atoms with Gasteiger partial charge >= 0.3 is 5.97 Å². The van der Waals surface area contributed by atoms with E-state index in [0.29, 0.717) is 17.1 Å². The molecule has 2 aromatic carbocycles. The summed E-state index contributed by atoms with van der Waals surface area (Å²) < 4.78 is 11.2. The minimum atomic E-state index is -0.445. The van der Waals surface area contributed by atoms with E-state index in [2.05, 4.69) is 0 Å². The van der Waals surface area contributed by atoms with E-state index in [-0.39, 0.29) is 5.97 Å². The summed E-state index contributed by atoms with van der Waals surface area (Å²) in [5, 5.41) is 0. The second-order valence-corrected chi connectivity index (χ2v) is 5.43. The molecule has 0 saturated heterocycles. The minimum absolute atomic E-state index is 0.378. The van der Waals surface area contributed by atoms with Gasteiger partial charge in [-0.2, -0.15) is 0 Å². The van der Waals surface area contributed by atoms with Crippen molar-refractivity contribution in [1.82, 2.24) is 0 Å². The van der Waals surface area contributed by atoms with Gasteiger partial charge in [-0.25, -0.2) is 4.79 Å². The van der Waals surface area contributed by atoms with E-state index in [1.807, 2.05) is 67.6 Å². The maximum Gasteiger partial charge on any atom is 0.342 e. The molecule has 0 radical (unpaired) electrons. The largest absolute Gasteiger partial charge is 0.466 e. The molecule has 0 spiro atoms. The molecule has 0 amide bonds. The number of carbonyl (C=O) groups is 1. The normalized spacial score (nSPS) is 10.7. The van der Waals surface area contributed by atoms with Gasteiger partial charge in [0.1, 0.15) is 17.1 Å². The number of hydrogen-bond acceptors (Lipinski definition) is 3. The Morgan fingerprint density at radius 1 is 0.913 bits per heavy atom. The molecular formula is C20H18O3. The molecule has 0 fully saturated rings. The van der Waals surface area contributed by atoms with Gasteiger partial charge in [-0.3, -0.25) is 0 Å². The second-order valence-electron chi connectivity index (χ2n) is 5.43. The average Bonchev–Trinajstić information content (AvgIpc) is 2.92. The summed E-state index contributed by atoms with van der Waals surface area (Å²) in [4.78, 5) is 12.6. The van der Waals surface area contributed by atoms with Crippen LogP contribution in [0.25, 0.3) is 0 Å². The van der Waals surface area contributed by atoms with Gasteiger partial charge in [0, 0.05) is 0 Å². The maximum atomic E-state index is 12.6. The van der Waals surface area contributed by atoms with Crippen molar-refractivity contribution < 1.29 is 13.9 Å². The van der Waals surface area contributed by atoms with Crippen LogP contribution in [0, 0.1) is 13.8 Å². The first-order valence-corrected chi connectivity index (χ1v) is 7.53. The average molecular weight is 306 g/mol. The maximum absolute atomic E-state index is 12.6. The molecule has 0 bridgehead atoms. The molecule has 1 heterocycles. The molecule has 23 heavy (non-hydrogen) atoms. The fourth-order valence-corrected chi connectivity index (χ4v) is 2.59. The Labute approximate surface area is 135 Å². The van der Waals surface area contributed by atoms with Crippen LogP contribution in [0.4, 0.5) is 0 Å². The van der Waals surface area contributed by atoms with Gasteiger partial charge in [-0.05, 0) is 31.0 Å². The first kappa shape index (κ1) is 15.1. The summed E-state index contributed by atoms with van der Waals surface area (Å²) >= 11 is 0. The Balaban J connectivity index is 1.93. The molecule has 0 saturated carbocycles. The molecule has 0 aliphatic carbocycles. The van der Waals surface area contributed by atoms with Gasteiger partial charge < -0.3 is 9.15 Å². The lowest BCUT2D eigenvalue weighted by atomic mass is 10.0. The van der Waals surface area contributed by atoms with Crippen molar-refractivity contribution >= 4 is 5.97 Å². The van der Waals surface area contributed by atoms with Crippen molar-refractivity contribution in [3.63, 3.8) is 0 Å². The first-order valence-electron chi connectivity index (χ1n) is 7.53. The zero-order chi connectivity index (χ0) is 16.2. The van der Waals surface area contributed by atoms with Crippen LogP contribution in [0.2, 0.25) is 0 Å². The van der Waals surface area contributed by atoms with E-state index < -0.39 is 6.10 Å². The molecule has 0 N–H and O–H groups in total. The van der Waals surface area contributed by atoms with Crippen molar-refractivity contribution in [2.24, 2.45) is 0 Å². The SMILES string of the molecule is Cc1cc(C(=O)OC(c2ccccc2)c2ccccc2)c(C)o1. The number of esters is 1. The summed E-state index contributed by atoms with van der Waals surface area (Å²) in [5.41, 5.74) is 2.34. The molecule has 0 atom stereocenters. The van der Waals surface area contributed by atoms with E-state index in [4.69, 9.17) is 9.15 Å². The van der Waals surface area contributed by atoms with E-state index in [1.165, 1.54) is 0 Å². The Bertz CT molecular complexity index is 749. The number of benzene rings is 2. The molecule has 1 aromatic heterocycles. The fraction of sp³-hybridized carbons (Fsp3) is 0.150. The molecule has 3 heteroatoms. The van der Waals surface area contributed by atoms with Crippen LogP contribution < -0.4 is 0 Å². The number of hydrogen-bond donors (Lipinski definition) is 0. The summed E-state index contributed by atoms with van der Waals surface area (Å²) in [6.45, 7) is 3.58. The van der Waals surface area contributed by atoms with Crippen LogP contribution in [0.5, 0.6) is 0 Å². The third kappa shape index (κ3) is 3.34. The van der Waals surface area contributed by atoms with Gasteiger partial charge in [-0.15, -0.1) is 0 Å². The molecule has 0 aliphatic heterocycles. The lowest BCUT2D eigenvalue weighted by molar-refractivity contribution is 0.0376. The van der Waals surface area contributed by atoms with Gasteiger partial charge in [0.2, 0.25) is 0 Å². The minimum Gasteiger partial charge on any atom is -0.466 e. The highest BCUT2D eigenvalue weighted by molar-refractivity contribution is 5.90. The van der Waals surface area contributed by atoms with Crippen molar-refractivity contribution in [2.75, 3.05) is 0 Å². The Hall–Kier alpha value is -2.81. The Kier molecular flexibility index (Phi) is 4.29. The zero-order valence-electron chi connectivity index (χ0n) is 13.2. The smallest absolute Gasteiger partial charge is 0.342 e. The number of carbonyl (C=O) groups excluding carboxylic acids is 1. The van der Waals surface area contributed by atoms with Crippen molar-refractivity contribution in [1.29, 1.82) is 0 Å². The Morgan fingerprint density at radius 2 is 1.43 bits per heavy atom. The van der Waals surface area contributed by atoms with Crippen molar-refractivity contribution in [2.45, 2.75) is 20.0 Å². The van der Waals surface area contributed by atoms with Crippen molar-refractivity contribution in [3.8, 4) is 0 Å². The van der Waals surface area contributed by atoms with E-state index >= 15 is 0 Å². The number of rotatable bonds is 4. The highest BCUT2D eigenvalue weighted by Gasteiger charge is 2.22. The van der Waals surface area contributed by atoms with Crippen LogP contribution in [-0.2, 0) is 4.74 Å². The van der Waals surface area contributed by atoms with E-state index in [0.717, 1.165) is 11.1 Å². The predicted octanol–water partition coefficient (Wildman–Crippen LogP) is 4.84. The number of furan rings is 1. The highest BCUT2D eigenvalue weighted by atomic mass is 16.5. The summed E-state index contributed by atoms with van der Waals surface area (Å²) in [5.74, 6) is 0.898. The monoisotopic (exact) mass is 306 g/mol. The number of ether oxygens (including phenoxy) is 1. The van der Waals surface area contributed by atoms with E-state index in [1.54, 1.807) is 13.0 Å². The molecule has 3 nitrogen and oxygen atoms in total. The van der Waals surface area contributed by atoms with Crippen LogP contribution in [0.3, 0.4) is 0 Å². The van der Waals surface area contributed by atoms with Gasteiger partial charge in [0.05, 0.1) is 0 Å². The standard InChI is InChI=1S/C20H18O3/c1-14-13-18(15(2)22-14)20(21)23-19(16-9-5-3-6-10-16)17-11-7-4-8-12-17/h3-13,19H,1-2H3. The molecule has 116 valence electrons. The third-order valence-electron chi connectivity index (χ3n) is 3.69. The molecular weight excluding hydrogens is 288 g/mol. The molecule has 3 rings (SSSR count). The second kappa shape index (κ2) is 6.53. The summed E-state index contributed by atoms with van der Waals surface area (Å²) in [6.07, 6.45) is -0.445. The first-order chi connectivity index (χ1) is 11.1. The van der Waals surface area contributed by atoms with Gasteiger partial charge in [0.15, 0.2) is 6.10 Å². The van der Waals surface area contributed by atoms with Crippen LogP contribution in [0.15, 0.2) is 71.1 Å². The third-order valence-corrected chi connectivity index (χ3v) is 3.69. The fourth-order valence-electron chi connectivity index (χ4n) is 2.59. The van der Waals surface area contributed by atoms with Gasteiger partial charge in [-0.1, -0.05) is 60.7 Å². The molecule has 0 unspecified atom stereocenters. The number of aryl methyl sites for hydroxylation is 2. The highest BCUT2D eigenvalue weighted by Crippen LogP contribution is 2.28. The summed E-state index contributed by atoms with van der Waals surface area (Å²) in [7, 11) is 0. The molecule has 0 aliphatic rings. The lowest BCUT2D eigenvalue weighted by Crippen LogP contribution is -2.13. The molecule has 3 aromatic rings. The topological polar surface area (TPSA) is 39.4 Å². The predicted molar refractivity (Wildman–Crippen MR) is 88.3 cm³/mol. The Morgan fingerprint density at radius 3 is 1.87 bits per heavy atom. The summed E-state index contributed by atoms with van der Waals surface area (Å²) in [6, 6.07) is 21.2. The quantitative estimate of drug-likeness (QED) is 0.647. The van der Waals surface area contributed by atoms with Crippen molar-refractivity contribution in [3.05, 3.63) is 94.9 Å². The lowest BCUT2D eigenvalue weighted by Gasteiger charge is -2.18. The van der Waals surface area contributed by atoms with E-state index in [9.17, 15) is 4.79 Å². The van der Waals surface area contributed by atoms with Crippen LogP contribution in [0.1, 0.15) is 39.1 Å².